The third-order valence-corrected chi connectivity index (χ3v) is 10.1. The number of ether oxygens (including phenoxy) is 2. The Balaban J connectivity index is 1.22. The number of rotatable bonds is 22. The molecule has 0 amide bonds. The maximum atomic E-state index is 13.5. The molecule has 10 heteroatoms. The lowest BCUT2D eigenvalue weighted by Gasteiger charge is -2.06. The summed E-state index contributed by atoms with van der Waals surface area (Å²) in [5.41, 5.74) is -1.48. The van der Waals surface area contributed by atoms with Gasteiger partial charge in [-0.25, -0.2) is 18.7 Å². The van der Waals surface area contributed by atoms with Crippen molar-refractivity contribution in [3.8, 4) is 11.4 Å². The van der Waals surface area contributed by atoms with Gasteiger partial charge in [-0.05, 0) is 73.5 Å². The molecule has 0 aliphatic heterocycles. The monoisotopic (exact) mass is 736 g/mol. The molecular formula is C44H52N2O8. The highest BCUT2D eigenvalue weighted by atomic mass is 16.5. The molecule has 0 aliphatic rings. The van der Waals surface area contributed by atoms with Crippen LogP contribution in [-0.2, 0) is 9.47 Å². The topological polar surface area (TPSA) is 131 Å². The number of benzene rings is 3. The number of carbonyl (C=O) groups is 2. The quantitative estimate of drug-likeness (QED) is 0.0511. The van der Waals surface area contributed by atoms with Crippen molar-refractivity contribution in [3.63, 3.8) is 0 Å². The van der Waals surface area contributed by atoms with Crippen LogP contribution < -0.4 is 22.2 Å². The van der Waals surface area contributed by atoms with E-state index in [0.717, 1.165) is 47.7 Å². The van der Waals surface area contributed by atoms with Crippen molar-refractivity contribution in [1.82, 2.24) is 9.13 Å². The minimum atomic E-state index is -0.642. The molecule has 5 aromatic rings. The van der Waals surface area contributed by atoms with E-state index in [1.807, 2.05) is 0 Å². The van der Waals surface area contributed by atoms with Gasteiger partial charge >= 0.3 is 11.9 Å². The van der Waals surface area contributed by atoms with E-state index in [4.69, 9.17) is 9.47 Å². The highest BCUT2D eigenvalue weighted by Gasteiger charge is 2.21. The van der Waals surface area contributed by atoms with E-state index in [0.29, 0.717) is 24.3 Å². The lowest BCUT2D eigenvalue weighted by Crippen LogP contribution is -2.24. The molecule has 0 spiro atoms. The van der Waals surface area contributed by atoms with Gasteiger partial charge < -0.3 is 9.47 Å². The van der Waals surface area contributed by atoms with Gasteiger partial charge in [0.15, 0.2) is 0 Å². The van der Waals surface area contributed by atoms with Crippen LogP contribution in [0.2, 0.25) is 0 Å². The van der Waals surface area contributed by atoms with Crippen molar-refractivity contribution in [2.24, 2.45) is 0 Å². The number of nitrogens with zero attached hydrogens (tertiary/aromatic N) is 2. The lowest BCUT2D eigenvalue weighted by molar-refractivity contribution is 0.0488. The third kappa shape index (κ3) is 9.70. The molecule has 5 rings (SSSR count). The normalized spacial score (nSPS) is 11.4. The predicted molar refractivity (Wildman–Crippen MR) is 213 cm³/mol. The zero-order valence-electron chi connectivity index (χ0n) is 31.7. The zero-order chi connectivity index (χ0) is 38.5. The van der Waals surface area contributed by atoms with Crippen molar-refractivity contribution >= 4 is 33.5 Å². The highest BCUT2D eigenvalue weighted by molar-refractivity contribution is 5.98. The molecule has 0 bridgehead atoms. The summed E-state index contributed by atoms with van der Waals surface area (Å²) in [6.07, 6.45) is 18.2. The van der Waals surface area contributed by atoms with Crippen molar-refractivity contribution < 1.29 is 19.1 Å². The van der Waals surface area contributed by atoms with Crippen molar-refractivity contribution in [2.45, 2.75) is 117 Å². The van der Waals surface area contributed by atoms with Gasteiger partial charge in [0.05, 0.1) is 57.3 Å². The number of unbranched alkanes of at least 4 members (excludes halogenated alkanes) is 14. The first-order valence-corrected chi connectivity index (χ1v) is 19.8. The van der Waals surface area contributed by atoms with E-state index in [1.54, 1.807) is 0 Å². The fourth-order valence-corrected chi connectivity index (χ4v) is 6.90. The van der Waals surface area contributed by atoms with Crippen LogP contribution in [0.4, 0.5) is 0 Å². The summed E-state index contributed by atoms with van der Waals surface area (Å²) < 4.78 is 12.8. The number of hydrogen-bond acceptors (Lipinski definition) is 8. The Bertz CT molecular complexity index is 1990. The summed E-state index contributed by atoms with van der Waals surface area (Å²) in [4.78, 5) is 79.2. The van der Waals surface area contributed by atoms with Crippen molar-refractivity contribution in [2.75, 3.05) is 13.2 Å². The molecule has 2 aromatic heterocycles. The number of aromatic nitrogens is 2. The molecule has 286 valence electrons. The van der Waals surface area contributed by atoms with Crippen LogP contribution in [0.15, 0.2) is 79.8 Å². The molecule has 0 unspecified atom stereocenters. The minimum absolute atomic E-state index is 0.00480. The molecule has 54 heavy (non-hydrogen) atoms. The smallest absolute Gasteiger partial charge is 0.338 e. The molecule has 0 fully saturated rings. The molecule has 3 aromatic carbocycles. The second kappa shape index (κ2) is 19.8. The van der Waals surface area contributed by atoms with E-state index in [2.05, 4.69) is 13.8 Å². The van der Waals surface area contributed by atoms with Gasteiger partial charge in [0.1, 0.15) is 0 Å². The Morgan fingerprint density at radius 1 is 0.426 bits per heavy atom. The van der Waals surface area contributed by atoms with Crippen LogP contribution in [0.3, 0.4) is 0 Å². The van der Waals surface area contributed by atoms with Crippen LogP contribution in [0.1, 0.15) is 137 Å². The lowest BCUT2D eigenvalue weighted by atomic mass is 10.1. The fourth-order valence-electron chi connectivity index (χ4n) is 6.90. The molecular weight excluding hydrogens is 684 g/mol. The number of esters is 2. The standard InChI is InChI=1S/C44H52N2O8/c1-3-5-7-9-11-13-15-17-27-53-43(51)31-19-23-33(24-20-31)45-39(47)35-29-37-38(30-36(35)40(45)48)42(50)46(41(37)49)34-25-21-32(22-26-34)44(52)54-28-18-16-14-12-10-8-6-4-2/h19-26,29-30H,3-18,27-28H2,1-2H3. The van der Waals surface area contributed by atoms with E-state index in [9.17, 15) is 28.8 Å². The average Bonchev–Trinajstić information content (AvgIpc) is 3.58. The molecule has 0 saturated heterocycles. The number of fused-ring (bicyclic) bond motifs is 2. The summed E-state index contributed by atoms with van der Waals surface area (Å²) in [6.45, 7) is 5.05. The molecule has 0 N–H and O–H groups in total. The summed E-state index contributed by atoms with van der Waals surface area (Å²) in [7, 11) is 0. The van der Waals surface area contributed by atoms with Crippen molar-refractivity contribution in [3.05, 3.63) is 113 Å². The maximum Gasteiger partial charge on any atom is 0.338 e. The molecule has 10 nitrogen and oxygen atoms in total. The number of hydrogen-bond donors (Lipinski definition) is 0. The summed E-state index contributed by atoms with van der Waals surface area (Å²) in [5.74, 6) is -0.956. The summed E-state index contributed by atoms with van der Waals surface area (Å²) in [5, 5.41) is 0.0192. The van der Waals surface area contributed by atoms with Crippen LogP contribution in [0, 0.1) is 0 Å². The fraction of sp³-hybridized carbons (Fsp3) is 0.455. The van der Waals surface area contributed by atoms with E-state index in [1.165, 1.54) is 125 Å². The van der Waals surface area contributed by atoms with Gasteiger partial charge in [-0.2, -0.15) is 0 Å². The molecule has 0 aliphatic carbocycles. The van der Waals surface area contributed by atoms with Crippen LogP contribution in [0.25, 0.3) is 32.9 Å². The second-order valence-electron chi connectivity index (χ2n) is 14.2. The van der Waals surface area contributed by atoms with E-state index < -0.39 is 34.2 Å². The summed E-state index contributed by atoms with van der Waals surface area (Å²) >= 11 is 0. The Morgan fingerprint density at radius 3 is 1.00 bits per heavy atom. The van der Waals surface area contributed by atoms with Gasteiger partial charge in [-0.3, -0.25) is 19.2 Å². The zero-order valence-corrected chi connectivity index (χ0v) is 31.7. The van der Waals surface area contributed by atoms with Gasteiger partial charge in [0.2, 0.25) is 0 Å². The van der Waals surface area contributed by atoms with Crippen molar-refractivity contribution in [1.29, 1.82) is 0 Å². The van der Waals surface area contributed by atoms with Gasteiger partial charge in [0.25, 0.3) is 22.2 Å². The van der Waals surface area contributed by atoms with Crippen LogP contribution in [-0.4, -0.2) is 34.3 Å². The third-order valence-electron chi connectivity index (χ3n) is 10.1. The molecule has 0 radical (unpaired) electrons. The maximum absolute atomic E-state index is 13.5. The Morgan fingerprint density at radius 2 is 0.704 bits per heavy atom. The van der Waals surface area contributed by atoms with Crippen LogP contribution in [0.5, 0.6) is 0 Å². The number of carbonyl (C=O) groups excluding carboxylic acids is 2. The predicted octanol–water partition coefficient (Wildman–Crippen LogP) is 8.49. The minimum Gasteiger partial charge on any atom is -0.462 e. The second-order valence-corrected chi connectivity index (χ2v) is 14.2. The first-order valence-electron chi connectivity index (χ1n) is 19.8. The molecule has 0 atom stereocenters. The van der Waals surface area contributed by atoms with E-state index in [-0.39, 0.29) is 32.9 Å². The molecule has 0 saturated carbocycles. The first kappa shape index (κ1) is 40.1. The summed E-state index contributed by atoms with van der Waals surface area (Å²) in [6, 6.07) is 14.6. The Labute approximate surface area is 315 Å². The largest absolute Gasteiger partial charge is 0.462 e. The van der Waals surface area contributed by atoms with Gasteiger partial charge in [-0.1, -0.05) is 104 Å². The Kier molecular flexibility index (Phi) is 14.7. The van der Waals surface area contributed by atoms with E-state index >= 15 is 0 Å². The Hall–Kier alpha value is -5.12. The first-order chi connectivity index (χ1) is 26.3. The average molecular weight is 737 g/mol. The molecule has 2 heterocycles. The SMILES string of the molecule is CCCCCCCCCCOC(=O)c1ccc(-n2c(=O)c3cc4c(=O)n(-c5ccc(C(=O)OCCCCCCCCCC)cc5)c(=O)c4cc3c2=O)cc1. The van der Waals surface area contributed by atoms with Crippen LogP contribution >= 0.6 is 0 Å². The van der Waals surface area contributed by atoms with Gasteiger partial charge in [0, 0.05) is 0 Å². The highest BCUT2D eigenvalue weighted by Crippen LogP contribution is 2.19. The van der Waals surface area contributed by atoms with Gasteiger partial charge in [-0.15, -0.1) is 0 Å².